The predicted molar refractivity (Wildman–Crippen MR) is 135 cm³/mol. The van der Waals surface area contributed by atoms with Gasteiger partial charge in [0, 0.05) is 5.56 Å². The fraction of sp³-hybridized carbons (Fsp3) is 0.111. The van der Waals surface area contributed by atoms with Gasteiger partial charge < -0.3 is 14.6 Å². The van der Waals surface area contributed by atoms with Gasteiger partial charge in [-0.05, 0) is 65.6 Å². The van der Waals surface area contributed by atoms with Gasteiger partial charge in [-0.2, -0.15) is 5.26 Å². The van der Waals surface area contributed by atoms with Crippen molar-refractivity contribution in [1.82, 2.24) is 0 Å². The van der Waals surface area contributed by atoms with E-state index in [1.807, 2.05) is 12.1 Å². The average Bonchev–Trinajstić information content (AvgIpc) is 2.83. The number of ether oxygens (including phenoxy) is 2. The first-order valence-electron chi connectivity index (χ1n) is 10.2. The number of hydrogen-bond acceptors (Lipinski definition) is 4. The van der Waals surface area contributed by atoms with Gasteiger partial charge in [0.15, 0.2) is 11.5 Å². The number of carboxylic acid groups (broad SMARTS) is 1. The number of allylic oxidation sites excluding steroid dienone is 2. The molecule has 7 heteroatoms. The Labute approximate surface area is 208 Å². The monoisotopic (exact) mass is 493 g/mol. The van der Waals surface area contributed by atoms with E-state index in [2.05, 4.69) is 12.6 Å². The lowest BCUT2D eigenvalue weighted by Crippen LogP contribution is -2.02. The van der Waals surface area contributed by atoms with Gasteiger partial charge in [-0.15, -0.1) is 6.58 Å². The second-order valence-electron chi connectivity index (χ2n) is 7.29. The number of aromatic carboxylic acids is 1. The average molecular weight is 494 g/mol. The molecule has 5 nitrogen and oxygen atoms in total. The molecule has 0 heterocycles. The van der Waals surface area contributed by atoms with Crippen LogP contribution in [-0.2, 0) is 13.0 Å². The standard InChI is InChI=1S/C27H21Cl2NO4/c1-3-4-21-11-18(12-22(15-30)19-6-8-20(9-7-19)27(31)32)14-25(33-2)26(21)34-16-17-5-10-23(28)24(29)13-17/h3,5-14H,1,4,16H2,2H3,(H,31,32)/b22-12-. The first-order valence-corrected chi connectivity index (χ1v) is 11.0. The third-order valence-corrected chi connectivity index (χ3v) is 5.72. The molecule has 0 atom stereocenters. The molecule has 0 saturated heterocycles. The second kappa shape index (κ2) is 11.4. The van der Waals surface area contributed by atoms with Crippen molar-refractivity contribution in [2.24, 2.45) is 0 Å². The summed E-state index contributed by atoms with van der Waals surface area (Å²) in [6, 6.07) is 17.3. The van der Waals surface area contributed by atoms with Crippen LogP contribution in [0.3, 0.4) is 0 Å². The summed E-state index contributed by atoms with van der Waals surface area (Å²) in [6.45, 7) is 4.08. The van der Waals surface area contributed by atoms with E-state index in [0.29, 0.717) is 39.1 Å². The van der Waals surface area contributed by atoms with Crippen molar-refractivity contribution in [1.29, 1.82) is 5.26 Å². The molecular weight excluding hydrogens is 473 g/mol. The van der Waals surface area contributed by atoms with E-state index in [9.17, 15) is 10.1 Å². The Morgan fingerprint density at radius 1 is 1.09 bits per heavy atom. The van der Waals surface area contributed by atoms with Gasteiger partial charge in [-0.1, -0.05) is 47.5 Å². The number of carboxylic acids is 1. The molecule has 0 bridgehead atoms. The second-order valence-corrected chi connectivity index (χ2v) is 8.11. The van der Waals surface area contributed by atoms with Crippen LogP contribution >= 0.6 is 23.2 Å². The number of nitriles is 1. The zero-order valence-corrected chi connectivity index (χ0v) is 19.9. The molecule has 3 aromatic rings. The number of nitrogens with zero attached hydrogens (tertiary/aromatic N) is 1. The van der Waals surface area contributed by atoms with Crippen LogP contribution in [0, 0.1) is 11.3 Å². The minimum atomic E-state index is -1.02. The number of carbonyl (C=O) groups is 1. The van der Waals surface area contributed by atoms with Crippen molar-refractivity contribution in [3.05, 3.63) is 105 Å². The van der Waals surface area contributed by atoms with E-state index in [4.69, 9.17) is 37.8 Å². The third kappa shape index (κ3) is 5.99. The Balaban J connectivity index is 1.96. The van der Waals surface area contributed by atoms with Crippen LogP contribution in [0.5, 0.6) is 11.5 Å². The quantitative estimate of drug-likeness (QED) is 0.196. The molecule has 172 valence electrons. The minimum absolute atomic E-state index is 0.152. The first kappa shape index (κ1) is 24.9. The topological polar surface area (TPSA) is 79.6 Å². The van der Waals surface area contributed by atoms with Crippen molar-refractivity contribution in [3.8, 4) is 17.6 Å². The van der Waals surface area contributed by atoms with Crippen LogP contribution in [0.2, 0.25) is 10.0 Å². The van der Waals surface area contributed by atoms with Crippen LogP contribution in [0.4, 0.5) is 0 Å². The Hall–Kier alpha value is -3.72. The zero-order valence-electron chi connectivity index (χ0n) is 18.3. The predicted octanol–water partition coefficient (Wildman–Crippen LogP) is 7.07. The van der Waals surface area contributed by atoms with Crippen LogP contribution in [0.15, 0.2) is 67.3 Å². The molecule has 0 aliphatic carbocycles. The first-order chi connectivity index (χ1) is 16.4. The molecule has 0 unspecified atom stereocenters. The molecule has 0 amide bonds. The van der Waals surface area contributed by atoms with Gasteiger partial charge in [0.05, 0.1) is 34.4 Å². The van der Waals surface area contributed by atoms with Gasteiger partial charge >= 0.3 is 5.97 Å². The van der Waals surface area contributed by atoms with E-state index in [-0.39, 0.29) is 12.2 Å². The van der Waals surface area contributed by atoms with Gasteiger partial charge in [0.1, 0.15) is 6.61 Å². The lowest BCUT2D eigenvalue weighted by Gasteiger charge is -2.16. The molecule has 3 aromatic carbocycles. The number of methoxy groups -OCH3 is 1. The van der Waals surface area contributed by atoms with E-state index >= 15 is 0 Å². The summed E-state index contributed by atoms with van der Waals surface area (Å²) in [6.07, 6.45) is 3.99. The fourth-order valence-corrected chi connectivity index (χ4v) is 3.63. The maximum absolute atomic E-state index is 11.1. The molecule has 0 aliphatic rings. The number of benzene rings is 3. The van der Waals surface area contributed by atoms with Crippen LogP contribution < -0.4 is 9.47 Å². The van der Waals surface area contributed by atoms with E-state index in [1.165, 1.54) is 12.1 Å². The highest BCUT2D eigenvalue weighted by Gasteiger charge is 2.14. The maximum atomic E-state index is 11.1. The number of rotatable bonds is 9. The smallest absolute Gasteiger partial charge is 0.335 e. The minimum Gasteiger partial charge on any atom is -0.493 e. The van der Waals surface area contributed by atoms with Crippen molar-refractivity contribution >= 4 is 40.8 Å². The normalized spacial score (nSPS) is 10.9. The molecule has 0 saturated carbocycles. The van der Waals surface area contributed by atoms with Crippen LogP contribution in [0.1, 0.15) is 32.6 Å². The largest absolute Gasteiger partial charge is 0.493 e. The number of halogens is 2. The summed E-state index contributed by atoms with van der Waals surface area (Å²) < 4.78 is 11.7. The summed E-state index contributed by atoms with van der Waals surface area (Å²) in [5, 5.41) is 19.7. The lowest BCUT2D eigenvalue weighted by atomic mass is 10.00. The van der Waals surface area contributed by atoms with Crippen molar-refractivity contribution < 1.29 is 19.4 Å². The Bertz CT molecular complexity index is 1290. The third-order valence-electron chi connectivity index (χ3n) is 4.98. The van der Waals surface area contributed by atoms with Gasteiger partial charge in [-0.25, -0.2) is 4.79 Å². The van der Waals surface area contributed by atoms with Gasteiger partial charge in [-0.3, -0.25) is 0 Å². The molecule has 3 rings (SSSR count). The molecular formula is C27H21Cl2NO4. The summed E-state index contributed by atoms with van der Waals surface area (Å²) in [4.78, 5) is 11.1. The van der Waals surface area contributed by atoms with E-state index in [0.717, 1.165) is 16.7 Å². The lowest BCUT2D eigenvalue weighted by molar-refractivity contribution is 0.0697. The Morgan fingerprint density at radius 2 is 1.79 bits per heavy atom. The maximum Gasteiger partial charge on any atom is 0.335 e. The van der Waals surface area contributed by atoms with Crippen LogP contribution in [-0.4, -0.2) is 18.2 Å². The molecule has 0 fully saturated rings. The van der Waals surface area contributed by atoms with Gasteiger partial charge in [0.2, 0.25) is 0 Å². The molecule has 1 N–H and O–H groups in total. The van der Waals surface area contributed by atoms with Crippen molar-refractivity contribution in [2.45, 2.75) is 13.0 Å². The summed E-state index contributed by atoms with van der Waals surface area (Å²) in [5.41, 5.74) is 3.55. The SMILES string of the molecule is C=CCc1cc(/C=C(/C#N)c2ccc(C(=O)O)cc2)cc(OC)c1OCc1ccc(Cl)c(Cl)c1. The van der Waals surface area contributed by atoms with Crippen LogP contribution in [0.25, 0.3) is 11.6 Å². The molecule has 0 aromatic heterocycles. The van der Waals surface area contributed by atoms with E-state index < -0.39 is 5.97 Å². The molecule has 34 heavy (non-hydrogen) atoms. The van der Waals surface area contributed by atoms with Gasteiger partial charge in [0.25, 0.3) is 0 Å². The zero-order chi connectivity index (χ0) is 24.7. The Kier molecular flexibility index (Phi) is 8.37. The highest BCUT2D eigenvalue weighted by atomic mass is 35.5. The van der Waals surface area contributed by atoms with Crippen molar-refractivity contribution in [2.75, 3.05) is 7.11 Å². The Morgan fingerprint density at radius 3 is 2.38 bits per heavy atom. The van der Waals surface area contributed by atoms with E-state index in [1.54, 1.807) is 49.6 Å². The molecule has 0 aliphatic heterocycles. The molecule has 0 spiro atoms. The molecule has 0 radical (unpaired) electrons. The highest BCUT2D eigenvalue weighted by molar-refractivity contribution is 6.42. The summed E-state index contributed by atoms with van der Waals surface area (Å²) >= 11 is 12.1. The fourth-order valence-electron chi connectivity index (χ4n) is 3.31. The van der Waals surface area contributed by atoms with Crippen molar-refractivity contribution in [3.63, 3.8) is 0 Å². The number of hydrogen-bond donors (Lipinski definition) is 1. The summed E-state index contributed by atoms with van der Waals surface area (Å²) in [7, 11) is 1.54. The highest BCUT2D eigenvalue weighted by Crippen LogP contribution is 2.36. The summed E-state index contributed by atoms with van der Waals surface area (Å²) in [5.74, 6) is 0.0448.